The number of nitrogens with zero attached hydrogens (tertiary/aromatic N) is 5. The molecule has 0 bridgehead atoms. The van der Waals surface area contributed by atoms with Crippen LogP contribution in [0.25, 0.3) is 4.98 Å². The first-order valence-corrected chi connectivity index (χ1v) is 5.68. The molecular weight excluding hydrogens is 258 g/mol. The van der Waals surface area contributed by atoms with Crippen LogP contribution in [0.5, 0.6) is 0 Å². The van der Waals surface area contributed by atoms with Gasteiger partial charge in [-0.1, -0.05) is 5.92 Å². The lowest BCUT2D eigenvalue weighted by atomic mass is 10.2. The molecule has 7 heteroatoms. The van der Waals surface area contributed by atoms with E-state index in [1.165, 1.54) is 12.1 Å². The first kappa shape index (κ1) is 13.2. The van der Waals surface area contributed by atoms with Gasteiger partial charge in [-0.25, -0.2) is 0 Å². The Morgan fingerprint density at radius 3 is 2.55 bits per heavy atom. The first-order chi connectivity index (χ1) is 9.52. The van der Waals surface area contributed by atoms with Crippen molar-refractivity contribution in [3.05, 3.63) is 56.3 Å². The summed E-state index contributed by atoms with van der Waals surface area (Å²) in [6.07, 6.45) is 0. The second kappa shape index (κ2) is 5.21. The minimum absolute atomic E-state index is 0.00952. The number of aromatic nitrogens is 2. The third kappa shape index (κ3) is 2.47. The van der Waals surface area contributed by atoms with Crippen molar-refractivity contribution in [1.29, 1.82) is 5.39 Å². The lowest BCUT2D eigenvalue weighted by Crippen LogP contribution is -1.92. The van der Waals surface area contributed by atoms with Crippen molar-refractivity contribution in [3.63, 3.8) is 0 Å². The van der Waals surface area contributed by atoms with Gasteiger partial charge in [0.25, 0.3) is 5.69 Å². The zero-order chi connectivity index (χ0) is 14.7. The minimum atomic E-state index is -0.470. The second-order valence-corrected chi connectivity index (χ2v) is 4.06. The number of benzene rings is 1. The summed E-state index contributed by atoms with van der Waals surface area (Å²) in [5, 5.41) is 23.6. The van der Waals surface area contributed by atoms with Crippen LogP contribution in [0.1, 0.15) is 17.0 Å². The lowest BCUT2D eigenvalue weighted by molar-refractivity contribution is -0.384. The van der Waals surface area contributed by atoms with Gasteiger partial charge in [0.15, 0.2) is 4.98 Å². The Bertz CT molecular complexity index is 772. The van der Waals surface area contributed by atoms with Crippen LogP contribution in [0.3, 0.4) is 0 Å². The number of nitro benzene ring substituents is 1. The minimum Gasteiger partial charge on any atom is -0.263 e. The summed E-state index contributed by atoms with van der Waals surface area (Å²) in [5.74, 6) is 5.61. The smallest absolute Gasteiger partial charge is 0.263 e. The second-order valence-electron chi connectivity index (χ2n) is 4.06. The highest BCUT2D eigenvalue weighted by atomic mass is 16.6. The van der Waals surface area contributed by atoms with Crippen LogP contribution in [-0.4, -0.2) is 14.7 Å². The molecule has 0 aliphatic rings. The summed E-state index contributed by atoms with van der Waals surface area (Å²) in [6, 6.07) is 5.86. The zero-order valence-corrected chi connectivity index (χ0v) is 10.9. The molecule has 0 N–H and O–H groups in total. The number of hydrogen-bond acceptors (Lipinski definition) is 4. The quantitative estimate of drug-likeness (QED) is 0.344. The number of nitro groups is 1. The van der Waals surface area contributed by atoms with Crippen molar-refractivity contribution in [2.75, 3.05) is 0 Å². The normalized spacial score (nSPS) is 9.45. The van der Waals surface area contributed by atoms with Crippen LogP contribution in [0.2, 0.25) is 0 Å². The highest BCUT2D eigenvalue weighted by Gasteiger charge is 2.22. The number of hydrogen-bond donors (Lipinski definition) is 0. The van der Waals surface area contributed by atoms with Gasteiger partial charge in [0.1, 0.15) is 5.69 Å². The molecule has 2 rings (SSSR count). The van der Waals surface area contributed by atoms with Crippen LogP contribution < -0.4 is 0 Å². The third-order valence-corrected chi connectivity index (χ3v) is 2.81. The van der Waals surface area contributed by atoms with Crippen molar-refractivity contribution in [3.8, 4) is 11.8 Å². The highest BCUT2D eigenvalue weighted by Crippen LogP contribution is 2.22. The molecule has 2 aromatic rings. The van der Waals surface area contributed by atoms with Gasteiger partial charge < -0.3 is 0 Å². The Labute approximate surface area is 114 Å². The Balaban J connectivity index is 2.34. The molecule has 1 aromatic heterocycles. The van der Waals surface area contributed by atoms with E-state index in [1.807, 2.05) is 0 Å². The largest absolute Gasteiger partial charge is 0.441 e. The fourth-order valence-corrected chi connectivity index (χ4v) is 1.60. The predicted octanol–water partition coefficient (Wildman–Crippen LogP) is 2.52. The topological polar surface area (TPSA) is 89.1 Å². The van der Waals surface area contributed by atoms with E-state index in [0.29, 0.717) is 22.6 Å². The summed E-state index contributed by atoms with van der Waals surface area (Å²) in [5.41, 5.74) is 1.99. The van der Waals surface area contributed by atoms with Gasteiger partial charge in [-0.2, -0.15) is 5.10 Å². The van der Waals surface area contributed by atoms with Crippen molar-refractivity contribution >= 4 is 11.4 Å². The van der Waals surface area contributed by atoms with Gasteiger partial charge in [0, 0.05) is 24.7 Å². The Kier molecular flexibility index (Phi) is 3.45. The van der Waals surface area contributed by atoms with Crippen LogP contribution in [0.4, 0.5) is 11.4 Å². The van der Waals surface area contributed by atoms with Gasteiger partial charge in [0.05, 0.1) is 4.92 Å². The molecule has 1 aromatic carbocycles. The fourth-order valence-electron chi connectivity index (χ4n) is 1.60. The molecule has 0 aliphatic heterocycles. The van der Waals surface area contributed by atoms with Gasteiger partial charge in [-0.15, -0.1) is 0 Å². The van der Waals surface area contributed by atoms with Crippen molar-refractivity contribution in [2.45, 2.75) is 6.92 Å². The van der Waals surface area contributed by atoms with Crippen LogP contribution in [0.15, 0.2) is 24.3 Å². The van der Waals surface area contributed by atoms with E-state index < -0.39 is 4.92 Å². The standard InChI is InChI=1S/C13H10N5O2/c1-9-13(15-14)12(16-17(9)2)8-5-10-3-6-11(7-4-10)18(19)20/h3-4,6-7H,1-2H3/q+1. The average Bonchev–Trinajstić information content (AvgIpc) is 2.71. The van der Waals surface area contributed by atoms with Crippen molar-refractivity contribution in [1.82, 2.24) is 9.78 Å². The summed E-state index contributed by atoms with van der Waals surface area (Å²) in [7, 11) is 1.72. The average molecular weight is 268 g/mol. The van der Waals surface area contributed by atoms with E-state index in [4.69, 9.17) is 5.39 Å². The zero-order valence-electron chi connectivity index (χ0n) is 10.9. The summed E-state index contributed by atoms with van der Waals surface area (Å²) >= 11 is 0. The molecule has 0 aliphatic carbocycles. The number of non-ortho nitro benzene ring substituents is 1. The van der Waals surface area contributed by atoms with E-state index in [0.717, 1.165) is 0 Å². The summed E-state index contributed by atoms with van der Waals surface area (Å²) < 4.78 is 1.56. The molecule has 7 nitrogen and oxygen atoms in total. The van der Waals surface area contributed by atoms with Gasteiger partial charge in [-0.05, 0) is 25.0 Å². The van der Waals surface area contributed by atoms with Gasteiger partial charge >= 0.3 is 5.69 Å². The Hall–Kier alpha value is -3.19. The Morgan fingerprint density at radius 2 is 2.00 bits per heavy atom. The summed E-state index contributed by atoms with van der Waals surface area (Å²) in [6.45, 7) is 1.76. The molecule has 0 saturated carbocycles. The molecule has 98 valence electrons. The number of diazo groups is 1. The number of aryl methyl sites for hydroxylation is 1. The first-order valence-electron chi connectivity index (χ1n) is 5.68. The maximum Gasteiger partial charge on any atom is 0.441 e. The maximum absolute atomic E-state index is 10.5. The van der Waals surface area contributed by atoms with Crippen LogP contribution in [-0.2, 0) is 7.05 Å². The van der Waals surface area contributed by atoms with E-state index in [-0.39, 0.29) is 5.69 Å². The van der Waals surface area contributed by atoms with Gasteiger partial charge in [-0.3, -0.25) is 14.8 Å². The molecule has 0 fully saturated rings. The lowest BCUT2D eigenvalue weighted by Gasteiger charge is -1.90. The molecule has 0 saturated heterocycles. The van der Waals surface area contributed by atoms with E-state index in [2.05, 4.69) is 21.9 Å². The van der Waals surface area contributed by atoms with Crippen molar-refractivity contribution < 1.29 is 4.92 Å². The molecule has 0 atom stereocenters. The monoisotopic (exact) mass is 268 g/mol. The van der Waals surface area contributed by atoms with Crippen molar-refractivity contribution in [2.24, 2.45) is 7.05 Å². The van der Waals surface area contributed by atoms with Crippen LogP contribution in [0, 0.1) is 34.3 Å². The predicted molar refractivity (Wildman–Crippen MR) is 71.8 cm³/mol. The molecule has 1 heterocycles. The number of rotatable bonds is 1. The fraction of sp³-hybridized carbons (Fsp3) is 0.154. The molecule has 0 radical (unpaired) electrons. The molecule has 20 heavy (non-hydrogen) atoms. The molecule has 0 unspecified atom stereocenters. The SMILES string of the molecule is Cc1c([N+]#N)c(C#Cc2ccc([N+](=O)[O-])cc2)nn1C. The third-order valence-electron chi connectivity index (χ3n) is 2.81. The van der Waals surface area contributed by atoms with E-state index in [9.17, 15) is 10.1 Å². The maximum atomic E-state index is 10.5. The highest BCUT2D eigenvalue weighted by molar-refractivity contribution is 5.60. The Morgan fingerprint density at radius 1 is 1.35 bits per heavy atom. The summed E-state index contributed by atoms with van der Waals surface area (Å²) in [4.78, 5) is 13.2. The van der Waals surface area contributed by atoms with E-state index >= 15 is 0 Å². The molecule has 0 amide bonds. The molecule has 0 spiro atoms. The molecular formula is C13H10N5O2+. The van der Waals surface area contributed by atoms with E-state index in [1.54, 1.807) is 30.8 Å². The van der Waals surface area contributed by atoms with Gasteiger partial charge in [0.2, 0.25) is 11.1 Å². The van der Waals surface area contributed by atoms with Crippen LogP contribution >= 0.6 is 0 Å².